The van der Waals surface area contributed by atoms with E-state index in [0.717, 1.165) is 49.9 Å². The first kappa shape index (κ1) is 28.7. The molecule has 1 fully saturated rings. The van der Waals surface area contributed by atoms with Gasteiger partial charge in [0.1, 0.15) is 11.4 Å². The van der Waals surface area contributed by atoms with Crippen LogP contribution in [0.25, 0.3) is 0 Å². The van der Waals surface area contributed by atoms with E-state index in [9.17, 15) is 0 Å². The lowest BCUT2D eigenvalue weighted by atomic mass is 9.94. The van der Waals surface area contributed by atoms with E-state index < -0.39 is 0 Å². The molecule has 0 amide bonds. The Morgan fingerprint density at radius 1 is 1.11 bits per heavy atom. The van der Waals surface area contributed by atoms with Crippen LogP contribution in [0.4, 0.5) is 11.8 Å². The topological polar surface area (TPSA) is 74.8 Å². The van der Waals surface area contributed by atoms with Gasteiger partial charge < -0.3 is 25.0 Å². The van der Waals surface area contributed by atoms with E-state index in [1.165, 1.54) is 11.1 Å². The Balaban J connectivity index is 1.61. The van der Waals surface area contributed by atoms with E-state index in [1.54, 1.807) is 13.3 Å². The van der Waals surface area contributed by atoms with Crippen molar-refractivity contribution in [3.8, 4) is 0 Å². The van der Waals surface area contributed by atoms with E-state index in [1.807, 2.05) is 7.05 Å². The highest BCUT2D eigenvalue weighted by Crippen LogP contribution is 2.30. The van der Waals surface area contributed by atoms with Crippen molar-refractivity contribution in [1.29, 1.82) is 0 Å². The molecule has 8 heteroatoms. The first-order valence-electron chi connectivity index (χ1n) is 13.3. The number of rotatable bonds is 12. The summed E-state index contributed by atoms with van der Waals surface area (Å²) in [5.74, 6) is 2.77. The van der Waals surface area contributed by atoms with Crippen molar-refractivity contribution in [3.05, 3.63) is 59.6 Å². The van der Waals surface area contributed by atoms with Crippen molar-refractivity contribution in [2.75, 3.05) is 51.0 Å². The molecule has 2 heterocycles. The summed E-state index contributed by atoms with van der Waals surface area (Å²) in [5, 5.41) is 6.46. The Hall–Kier alpha value is -2.84. The van der Waals surface area contributed by atoms with Crippen LogP contribution < -0.4 is 10.6 Å². The summed E-state index contributed by atoms with van der Waals surface area (Å²) < 4.78 is 11.2. The highest BCUT2D eigenvalue weighted by Gasteiger charge is 2.27. The number of hydrogen-bond donors (Lipinski definition) is 2. The molecule has 1 aromatic carbocycles. The fourth-order valence-corrected chi connectivity index (χ4v) is 4.65. The van der Waals surface area contributed by atoms with Crippen LogP contribution in [-0.2, 0) is 22.6 Å². The third-order valence-corrected chi connectivity index (χ3v) is 6.44. The fraction of sp³-hybridized carbons (Fsp3) is 0.586. The largest absolute Gasteiger partial charge is 0.474 e. The third-order valence-electron chi connectivity index (χ3n) is 6.44. The van der Waals surface area contributed by atoms with Crippen LogP contribution in [0.1, 0.15) is 63.8 Å². The maximum absolute atomic E-state index is 6.01. The number of nitrogens with zero attached hydrogens (tertiary/aromatic N) is 4. The fourth-order valence-electron chi connectivity index (χ4n) is 4.65. The van der Waals surface area contributed by atoms with Gasteiger partial charge in [-0.05, 0) is 50.8 Å². The smallest absolute Gasteiger partial charge is 0.224 e. The number of hydrogen-bond acceptors (Lipinski definition) is 8. The Morgan fingerprint density at radius 3 is 2.35 bits per heavy atom. The maximum Gasteiger partial charge on any atom is 0.224 e. The normalized spacial score (nSPS) is 15.5. The molecule has 8 nitrogen and oxygen atoms in total. The summed E-state index contributed by atoms with van der Waals surface area (Å²) in [5.41, 5.74) is 3.28. The van der Waals surface area contributed by atoms with Gasteiger partial charge in [0.05, 0.1) is 6.61 Å². The predicted octanol–water partition coefficient (Wildman–Crippen LogP) is 5.27. The second-order valence-corrected chi connectivity index (χ2v) is 11.1. The van der Waals surface area contributed by atoms with Gasteiger partial charge in [-0.2, -0.15) is 4.98 Å². The van der Waals surface area contributed by atoms with Crippen molar-refractivity contribution < 1.29 is 9.47 Å². The van der Waals surface area contributed by atoms with Crippen molar-refractivity contribution >= 4 is 11.8 Å². The van der Waals surface area contributed by atoms with Crippen molar-refractivity contribution in [3.63, 3.8) is 0 Å². The molecule has 1 aliphatic heterocycles. The molecule has 1 aliphatic rings. The number of anilines is 2. The van der Waals surface area contributed by atoms with Gasteiger partial charge >= 0.3 is 0 Å². The van der Waals surface area contributed by atoms with Gasteiger partial charge in [0.2, 0.25) is 5.95 Å². The maximum atomic E-state index is 6.01. The van der Waals surface area contributed by atoms with Crippen molar-refractivity contribution in [2.45, 2.75) is 65.8 Å². The molecule has 37 heavy (non-hydrogen) atoms. The molecule has 1 unspecified atom stereocenters. The molecular formula is C29H46N6O2. The average molecular weight is 511 g/mol. The molecule has 2 N–H and O–H groups in total. The summed E-state index contributed by atoms with van der Waals surface area (Å²) in [4.78, 5) is 13.9. The second-order valence-electron chi connectivity index (χ2n) is 11.1. The van der Waals surface area contributed by atoms with Gasteiger partial charge in [-0.15, -0.1) is 0 Å². The molecule has 0 aliphatic carbocycles. The lowest BCUT2D eigenvalue weighted by Crippen LogP contribution is -2.48. The van der Waals surface area contributed by atoms with Gasteiger partial charge in [-0.25, -0.2) is 4.98 Å². The lowest BCUT2D eigenvalue weighted by molar-refractivity contribution is -0.0150. The highest BCUT2D eigenvalue weighted by atomic mass is 16.5. The zero-order valence-electron chi connectivity index (χ0n) is 23.8. The quantitative estimate of drug-likeness (QED) is 0.374. The van der Waals surface area contributed by atoms with Crippen molar-refractivity contribution in [2.24, 2.45) is 5.92 Å². The minimum absolute atomic E-state index is 0.222. The average Bonchev–Trinajstić information content (AvgIpc) is 2.86. The molecule has 1 saturated heterocycles. The minimum Gasteiger partial charge on any atom is -0.474 e. The monoisotopic (exact) mass is 510 g/mol. The summed E-state index contributed by atoms with van der Waals surface area (Å²) in [6, 6.07) is 9.38. The zero-order valence-corrected chi connectivity index (χ0v) is 23.8. The summed E-state index contributed by atoms with van der Waals surface area (Å²) >= 11 is 0. The van der Waals surface area contributed by atoms with Crippen LogP contribution in [0, 0.1) is 5.92 Å². The Morgan fingerprint density at radius 2 is 1.78 bits per heavy atom. The van der Waals surface area contributed by atoms with Gasteiger partial charge in [0.25, 0.3) is 0 Å². The van der Waals surface area contributed by atoms with Gasteiger partial charge in [0, 0.05) is 64.7 Å². The Bertz CT molecular complexity index is 994. The first-order chi connectivity index (χ1) is 17.6. The number of piperazine rings is 1. The molecule has 0 bridgehead atoms. The number of nitrogens with one attached hydrogen (secondary N) is 2. The van der Waals surface area contributed by atoms with Crippen LogP contribution in [0.15, 0.2) is 42.9 Å². The molecular weight excluding hydrogens is 464 g/mol. The van der Waals surface area contributed by atoms with E-state index >= 15 is 0 Å². The minimum atomic E-state index is -0.222. The van der Waals surface area contributed by atoms with E-state index in [0.29, 0.717) is 31.1 Å². The second kappa shape index (κ2) is 13.1. The molecule has 0 saturated carbocycles. The molecule has 3 rings (SSSR count). The Labute approximate surface area is 223 Å². The summed E-state index contributed by atoms with van der Waals surface area (Å²) in [7, 11) is 3.52. The summed E-state index contributed by atoms with van der Waals surface area (Å²) in [6.07, 6.45) is 2.93. The summed E-state index contributed by atoms with van der Waals surface area (Å²) in [6.45, 7) is 20.0. The van der Waals surface area contributed by atoms with E-state index in [-0.39, 0.29) is 5.60 Å². The molecule has 204 valence electrons. The predicted molar refractivity (Wildman–Crippen MR) is 151 cm³/mol. The third kappa shape index (κ3) is 8.61. The van der Waals surface area contributed by atoms with Crippen LogP contribution in [0.2, 0.25) is 0 Å². The van der Waals surface area contributed by atoms with Gasteiger partial charge in [0.15, 0.2) is 5.88 Å². The highest BCUT2D eigenvalue weighted by molar-refractivity contribution is 5.46. The zero-order chi connectivity index (χ0) is 27.0. The van der Waals surface area contributed by atoms with Crippen LogP contribution >= 0.6 is 0 Å². The lowest BCUT2D eigenvalue weighted by Gasteiger charge is -2.42. The standard InChI is InChI=1S/C29H46N6O2/c1-21(2)17-26(35-15-13-34(14-16-35)22(3)37-29(4,5)6)24-11-9-23(10-12-24)18-31-28-32-19-25(20-36-8)27(30-7)33-28/h9-12,19,21,26H,3,13-18,20H2,1-2,4-8H3,(H2,30,31,32,33). The molecule has 0 spiro atoms. The first-order valence-corrected chi connectivity index (χ1v) is 13.3. The number of benzene rings is 1. The SMILES string of the molecule is C=C(OC(C)(C)C)N1CCN(C(CC(C)C)c2ccc(CNc3ncc(COC)c(NC)n3)cc2)CC1. The Kier molecular flexibility index (Phi) is 10.2. The number of methoxy groups -OCH3 is 1. The number of ether oxygens (including phenoxy) is 2. The molecule has 0 radical (unpaired) electrons. The van der Waals surface area contributed by atoms with E-state index in [4.69, 9.17) is 9.47 Å². The number of aromatic nitrogens is 2. The van der Waals surface area contributed by atoms with E-state index in [2.05, 4.69) is 95.9 Å². The molecule has 1 atom stereocenters. The van der Waals surface area contributed by atoms with Crippen LogP contribution in [0.3, 0.4) is 0 Å². The van der Waals surface area contributed by atoms with Gasteiger partial charge in [-0.3, -0.25) is 4.90 Å². The van der Waals surface area contributed by atoms with Gasteiger partial charge in [-0.1, -0.05) is 38.1 Å². The molecule has 1 aromatic heterocycles. The van der Waals surface area contributed by atoms with Crippen LogP contribution in [-0.4, -0.2) is 65.7 Å². The molecule has 2 aromatic rings. The van der Waals surface area contributed by atoms with Crippen molar-refractivity contribution in [1.82, 2.24) is 19.8 Å². The van der Waals surface area contributed by atoms with Crippen LogP contribution in [0.5, 0.6) is 0 Å².